The molecule has 0 fully saturated rings. The van der Waals surface area contributed by atoms with Crippen molar-refractivity contribution in [3.63, 3.8) is 0 Å². The molecular weight excluding hydrogens is 336 g/mol. The lowest BCUT2D eigenvalue weighted by Gasteiger charge is -2.20. The van der Waals surface area contributed by atoms with Crippen LogP contribution in [0, 0.1) is 37.5 Å². The van der Waals surface area contributed by atoms with Gasteiger partial charge >= 0.3 is 0 Å². The van der Waals surface area contributed by atoms with Gasteiger partial charge in [0, 0.05) is 12.8 Å². The SMILES string of the molecule is [CH2]CCC#CCCCCCC(CCCCCCCCCCCCC[CH2])C(C)C. The maximum Gasteiger partial charge on any atom is 0.00886 e. The van der Waals surface area contributed by atoms with Crippen LogP contribution < -0.4 is 0 Å². The van der Waals surface area contributed by atoms with Crippen LogP contribution >= 0.6 is 0 Å². The molecule has 0 amide bonds. The minimum absolute atomic E-state index is 0.848. The Bertz CT molecular complexity index is 343. The van der Waals surface area contributed by atoms with E-state index in [4.69, 9.17) is 0 Å². The van der Waals surface area contributed by atoms with Crippen LogP contribution in [0.25, 0.3) is 0 Å². The highest BCUT2D eigenvalue weighted by atomic mass is 14.2. The molecule has 0 aromatic rings. The van der Waals surface area contributed by atoms with Gasteiger partial charge in [0.05, 0.1) is 0 Å². The number of rotatable bonds is 20. The van der Waals surface area contributed by atoms with Crippen molar-refractivity contribution in [2.75, 3.05) is 0 Å². The normalized spacial score (nSPS) is 12.2. The van der Waals surface area contributed by atoms with E-state index in [0.29, 0.717) is 0 Å². The summed E-state index contributed by atoms with van der Waals surface area (Å²) in [4.78, 5) is 0. The molecule has 0 heteroatoms. The van der Waals surface area contributed by atoms with Gasteiger partial charge in [0.2, 0.25) is 0 Å². The Hall–Kier alpha value is -0.440. The Morgan fingerprint density at radius 3 is 1.39 bits per heavy atom. The molecule has 0 aliphatic carbocycles. The zero-order valence-electron chi connectivity index (χ0n) is 19.7. The van der Waals surface area contributed by atoms with Crippen molar-refractivity contribution in [1.29, 1.82) is 0 Å². The van der Waals surface area contributed by atoms with Gasteiger partial charge in [-0.25, -0.2) is 0 Å². The lowest BCUT2D eigenvalue weighted by molar-refractivity contribution is 0.313. The maximum atomic E-state index is 3.92. The fourth-order valence-electron chi connectivity index (χ4n) is 4.05. The van der Waals surface area contributed by atoms with Crippen molar-refractivity contribution >= 4 is 0 Å². The van der Waals surface area contributed by atoms with E-state index in [1.165, 1.54) is 103 Å². The summed E-state index contributed by atoms with van der Waals surface area (Å²) in [5.74, 6) is 8.27. The number of hydrogen-bond acceptors (Lipinski definition) is 0. The third-order valence-corrected chi connectivity index (χ3v) is 6.07. The monoisotopic (exact) mass is 388 g/mol. The summed E-state index contributed by atoms with van der Waals surface area (Å²) in [6.45, 7) is 12.6. The van der Waals surface area contributed by atoms with Crippen molar-refractivity contribution in [3.05, 3.63) is 13.8 Å². The molecule has 0 aliphatic heterocycles. The summed E-state index contributed by atoms with van der Waals surface area (Å²) in [6, 6.07) is 0. The molecule has 0 heterocycles. The van der Waals surface area contributed by atoms with E-state index in [0.717, 1.165) is 37.5 Å². The van der Waals surface area contributed by atoms with Crippen LogP contribution in [0.4, 0.5) is 0 Å². The lowest BCUT2D eigenvalue weighted by Crippen LogP contribution is -2.08. The van der Waals surface area contributed by atoms with Gasteiger partial charge in [-0.3, -0.25) is 0 Å². The molecule has 0 saturated carbocycles. The molecule has 0 aromatic heterocycles. The first-order chi connectivity index (χ1) is 13.7. The topological polar surface area (TPSA) is 0 Å². The first-order valence-corrected chi connectivity index (χ1v) is 12.8. The van der Waals surface area contributed by atoms with E-state index in [1.807, 2.05) is 0 Å². The molecule has 0 aromatic carbocycles. The second-order valence-corrected chi connectivity index (χ2v) is 9.09. The Kier molecular flexibility index (Phi) is 22.5. The van der Waals surface area contributed by atoms with Crippen molar-refractivity contribution in [1.82, 2.24) is 0 Å². The molecule has 28 heavy (non-hydrogen) atoms. The fraction of sp³-hybridized carbons (Fsp3) is 0.857. The van der Waals surface area contributed by atoms with Gasteiger partial charge < -0.3 is 0 Å². The Labute approximate surface area is 180 Å². The predicted molar refractivity (Wildman–Crippen MR) is 129 cm³/mol. The third kappa shape index (κ3) is 20.3. The Morgan fingerprint density at radius 1 is 0.500 bits per heavy atom. The summed E-state index contributed by atoms with van der Waals surface area (Å²) in [6.07, 6.45) is 26.8. The van der Waals surface area contributed by atoms with Gasteiger partial charge in [0.15, 0.2) is 0 Å². The molecule has 0 bridgehead atoms. The largest absolute Gasteiger partial charge is 0.103 e. The van der Waals surface area contributed by atoms with Crippen molar-refractivity contribution < 1.29 is 0 Å². The van der Waals surface area contributed by atoms with Crippen LogP contribution in [0.3, 0.4) is 0 Å². The van der Waals surface area contributed by atoms with Crippen molar-refractivity contribution in [2.45, 2.75) is 142 Å². The van der Waals surface area contributed by atoms with Gasteiger partial charge in [-0.1, -0.05) is 130 Å². The zero-order chi connectivity index (χ0) is 20.7. The van der Waals surface area contributed by atoms with E-state index in [2.05, 4.69) is 39.5 Å². The number of hydrogen-bond donors (Lipinski definition) is 0. The van der Waals surface area contributed by atoms with Crippen LogP contribution in [-0.4, -0.2) is 0 Å². The molecule has 1 unspecified atom stereocenters. The molecule has 0 N–H and O–H groups in total. The van der Waals surface area contributed by atoms with E-state index < -0.39 is 0 Å². The fourth-order valence-corrected chi connectivity index (χ4v) is 4.05. The molecule has 0 aliphatic rings. The standard InChI is InChI=1S/C28H52/c1-5-7-9-11-13-15-16-17-18-20-22-24-26-28(27(3)4)25-23-21-19-14-12-10-8-6-2/h27-28H,1-2,5-9,11,13-26H2,3-4H3. The molecule has 0 saturated heterocycles. The minimum Gasteiger partial charge on any atom is -0.103 e. The highest BCUT2D eigenvalue weighted by molar-refractivity contribution is 4.98. The predicted octanol–water partition coefficient (Wildman–Crippen LogP) is 9.73. The highest BCUT2D eigenvalue weighted by Crippen LogP contribution is 2.25. The van der Waals surface area contributed by atoms with Crippen LogP contribution in [0.5, 0.6) is 0 Å². The van der Waals surface area contributed by atoms with Gasteiger partial charge in [-0.15, -0.1) is 11.8 Å². The van der Waals surface area contributed by atoms with Crippen LogP contribution in [0.1, 0.15) is 142 Å². The van der Waals surface area contributed by atoms with Crippen LogP contribution in [0.2, 0.25) is 0 Å². The molecule has 0 spiro atoms. The smallest absolute Gasteiger partial charge is 0.00886 e. The first-order valence-electron chi connectivity index (χ1n) is 12.8. The highest BCUT2D eigenvalue weighted by Gasteiger charge is 2.12. The molecular formula is C28H52. The summed E-state index contributed by atoms with van der Waals surface area (Å²) in [5.41, 5.74) is 0. The minimum atomic E-state index is 0.848. The first kappa shape index (κ1) is 27.6. The van der Waals surface area contributed by atoms with Gasteiger partial charge in [-0.05, 0) is 24.7 Å². The van der Waals surface area contributed by atoms with Crippen LogP contribution in [0.15, 0.2) is 0 Å². The summed E-state index contributed by atoms with van der Waals surface area (Å²) >= 11 is 0. The molecule has 0 nitrogen and oxygen atoms in total. The van der Waals surface area contributed by atoms with Gasteiger partial charge in [0.1, 0.15) is 0 Å². The van der Waals surface area contributed by atoms with Gasteiger partial charge in [0.25, 0.3) is 0 Å². The second kappa shape index (κ2) is 22.8. The lowest BCUT2D eigenvalue weighted by atomic mass is 9.85. The van der Waals surface area contributed by atoms with Gasteiger partial charge in [-0.2, -0.15) is 0 Å². The maximum absolute atomic E-state index is 3.92. The third-order valence-electron chi connectivity index (χ3n) is 6.07. The second-order valence-electron chi connectivity index (χ2n) is 9.09. The summed E-state index contributed by atoms with van der Waals surface area (Å²) in [5, 5.41) is 0. The Morgan fingerprint density at radius 2 is 0.929 bits per heavy atom. The zero-order valence-corrected chi connectivity index (χ0v) is 19.7. The van der Waals surface area contributed by atoms with E-state index >= 15 is 0 Å². The van der Waals surface area contributed by atoms with E-state index in [-0.39, 0.29) is 0 Å². The average Bonchev–Trinajstić information content (AvgIpc) is 2.68. The molecule has 2 radical (unpaired) electrons. The Balaban J connectivity index is 3.48. The average molecular weight is 389 g/mol. The number of unbranched alkanes of at least 4 members (excludes halogenated alkanes) is 15. The van der Waals surface area contributed by atoms with Crippen LogP contribution in [-0.2, 0) is 0 Å². The van der Waals surface area contributed by atoms with Crippen molar-refractivity contribution in [2.24, 2.45) is 11.8 Å². The van der Waals surface area contributed by atoms with E-state index in [9.17, 15) is 0 Å². The van der Waals surface area contributed by atoms with E-state index in [1.54, 1.807) is 0 Å². The molecule has 0 rings (SSSR count). The summed E-state index contributed by atoms with van der Waals surface area (Å²) in [7, 11) is 0. The quantitative estimate of drug-likeness (QED) is 0.144. The summed E-state index contributed by atoms with van der Waals surface area (Å²) < 4.78 is 0. The molecule has 1 atom stereocenters. The van der Waals surface area contributed by atoms with Crippen molar-refractivity contribution in [3.8, 4) is 11.8 Å². The molecule has 164 valence electrons.